The van der Waals surface area contributed by atoms with Gasteiger partial charge in [0, 0.05) is 20.1 Å². The number of nitrogens with one attached hydrogen (secondary N) is 1. The van der Waals surface area contributed by atoms with Crippen molar-refractivity contribution in [2.75, 3.05) is 18.5 Å². The molecule has 0 spiro atoms. The highest BCUT2D eigenvalue weighted by Gasteiger charge is 2.04. The van der Waals surface area contributed by atoms with Crippen LogP contribution in [0.4, 0.5) is 5.82 Å². The standard InChI is InChI=1S/C17H24N4/c1-4-11-18-12-16-9-10-17(20-19-16)21(3)13-15-7-5-14(2)6-8-15/h5-10,18H,4,11-13H2,1-3H3. The summed E-state index contributed by atoms with van der Waals surface area (Å²) in [5, 5.41) is 11.9. The molecular weight excluding hydrogens is 260 g/mol. The molecule has 0 unspecified atom stereocenters. The van der Waals surface area contributed by atoms with Crippen LogP contribution in [0.5, 0.6) is 0 Å². The molecule has 0 aliphatic heterocycles. The molecule has 2 rings (SSSR count). The molecule has 0 saturated heterocycles. The Morgan fingerprint density at radius 2 is 1.81 bits per heavy atom. The van der Waals surface area contributed by atoms with Gasteiger partial charge < -0.3 is 10.2 Å². The Morgan fingerprint density at radius 1 is 1.05 bits per heavy atom. The van der Waals surface area contributed by atoms with Crippen molar-refractivity contribution in [3.8, 4) is 0 Å². The maximum atomic E-state index is 4.31. The molecule has 4 nitrogen and oxygen atoms in total. The van der Waals surface area contributed by atoms with Crippen LogP contribution in [0.15, 0.2) is 36.4 Å². The molecule has 0 amide bonds. The Balaban J connectivity index is 1.93. The Bertz CT molecular complexity index is 534. The van der Waals surface area contributed by atoms with Gasteiger partial charge in [-0.1, -0.05) is 36.8 Å². The van der Waals surface area contributed by atoms with Crippen LogP contribution < -0.4 is 10.2 Å². The molecule has 0 fully saturated rings. The maximum Gasteiger partial charge on any atom is 0.151 e. The number of nitrogens with zero attached hydrogens (tertiary/aromatic N) is 3. The number of hydrogen-bond donors (Lipinski definition) is 1. The van der Waals surface area contributed by atoms with Crippen molar-refractivity contribution in [2.45, 2.75) is 33.4 Å². The van der Waals surface area contributed by atoms with Crippen molar-refractivity contribution in [1.82, 2.24) is 15.5 Å². The minimum Gasteiger partial charge on any atom is -0.354 e. The minimum atomic E-state index is 0.781. The average Bonchev–Trinajstić information content (AvgIpc) is 2.50. The zero-order valence-electron chi connectivity index (χ0n) is 13.1. The van der Waals surface area contributed by atoms with Gasteiger partial charge in [0.1, 0.15) is 0 Å². The number of anilines is 1. The first kappa shape index (κ1) is 15.4. The van der Waals surface area contributed by atoms with Crippen LogP contribution in [0, 0.1) is 6.92 Å². The fraction of sp³-hybridized carbons (Fsp3) is 0.412. The lowest BCUT2D eigenvalue weighted by Gasteiger charge is -2.18. The van der Waals surface area contributed by atoms with Crippen LogP contribution in [0.25, 0.3) is 0 Å². The number of rotatable bonds is 7. The third-order valence-electron chi connectivity index (χ3n) is 3.37. The van der Waals surface area contributed by atoms with Crippen molar-refractivity contribution < 1.29 is 0 Å². The van der Waals surface area contributed by atoms with E-state index in [4.69, 9.17) is 0 Å². The van der Waals surface area contributed by atoms with E-state index in [-0.39, 0.29) is 0 Å². The van der Waals surface area contributed by atoms with E-state index in [1.165, 1.54) is 11.1 Å². The van der Waals surface area contributed by atoms with Crippen LogP contribution >= 0.6 is 0 Å². The molecule has 0 aliphatic rings. The number of benzene rings is 1. The second-order valence-electron chi connectivity index (χ2n) is 5.40. The summed E-state index contributed by atoms with van der Waals surface area (Å²) >= 11 is 0. The average molecular weight is 284 g/mol. The monoisotopic (exact) mass is 284 g/mol. The zero-order valence-corrected chi connectivity index (χ0v) is 13.1. The molecule has 1 aromatic carbocycles. The van der Waals surface area contributed by atoms with Gasteiger partial charge in [0.15, 0.2) is 5.82 Å². The second kappa shape index (κ2) is 7.74. The van der Waals surface area contributed by atoms with E-state index in [0.29, 0.717) is 0 Å². The van der Waals surface area contributed by atoms with E-state index >= 15 is 0 Å². The van der Waals surface area contributed by atoms with E-state index < -0.39 is 0 Å². The largest absolute Gasteiger partial charge is 0.354 e. The molecule has 21 heavy (non-hydrogen) atoms. The summed E-state index contributed by atoms with van der Waals surface area (Å²) in [5.41, 5.74) is 3.54. The van der Waals surface area contributed by atoms with Crippen molar-refractivity contribution in [3.05, 3.63) is 53.2 Å². The summed E-state index contributed by atoms with van der Waals surface area (Å²) in [6, 6.07) is 12.7. The summed E-state index contributed by atoms with van der Waals surface area (Å²) in [6.45, 7) is 6.88. The van der Waals surface area contributed by atoms with Gasteiger partial charge in [-0.3, -0.25) is 0 Å². The highest BCUT2D eigenvalue weighted by Crippen LogP contribution is 2.12. The fourth-order valence-corrected chi connectivity index (χ4v) is 2.09. The van der Waals surface area contributed by atoms with E-state index in [2.05, 4.69) is 58.5 Å². The van der Waals surface area contributed by atoms with Gasteiger partial charge in [-0.25, -0.2) is 0 Å². The lowest BCUT2D eigenvalue weighted by molar-refractivity contribution is 0.656. The first-order valence-electron chi connectivity index (χ1n) is 7.49. The van der Waals surface area contributed by atoms with E-state index in [1.807, 2.05) is 19.2 Å². The summed E-state index contributed by atoms with van der Waals surface area (Å²) in [4.78, 5) is 2.11. The number of aromatic nitrogens is 2. The second-order valence-corrected chi connectivity index (χ2v) is 5.40. The topological polar surface area (TPSA) is 41.0 Å². The highest BCUT2D eigenvalue weighted by atomic mass is 15.2. The fourth-order valence-electron chi connectivity index (χ4n) is 2.09. The Hall–Kier alpha value is -1.94. The third-order valence-corrected chi connectivity index (χ3v) is 3.37. The molecular formula is C17H24N4. The molecule has 2 aromatic rings. The smallest absolute Gasteiger partial charge is 0.151 e. The molecule has 0 radical (unpaired) electrons. The molecule has 0 saturated carbocycles. The summed E-state index contributed by atoms with van der Waals surface area (Å²) < 4.78 is 0. The van der Waals surface area contributed by atoms with Crippen LogP contribution in [0.2, 0.25) is 0 Å². The van der Waals surface area contributed by atoms with Gasteiger partial charge in [0.25, 0.3) is 0 Å². The predicted molar refractivity (Wildman–Crippen MR) is 87.3 cm³/mol. The molecule has 112 valence electrons. The maximum absolute atomic E-state index is 4.31. The van der Waals surface area contributed by atoms with Gasteiger partial charge >= 0.3 is 0 Å². The first-order chi connectivity index (χ1) is 10.2. The van der Waals surface area contributed by atoms with Crippen molar-refractivity contribution in [3.63, 3.8) is 0 Å². The Labute approximate surface area is 127 Å². The summed E-state index contributed by atoms with van der Waals surface area (Å²) in [7, 11) is 2.04. The quantitative estimate of drug-likeness (QED) is 0.794. The predicted octanol–water partition coefficient (Wildman–Crippen LogP) is 2.92. The highest BCUT2D eigenvalue weighted by molar-refractivity contribution is 5.37. The van der Waals surface area contributed by atoms with Crippen LogP contribution in [0.1, 0.15) is 30.2 Å². The van der Waals surface area contributed by atoms with Gasteiger partial charge in [-0.05, 0) is 37.6 Å². The van der Waals surface area contributed by atoms with Crippen molar-refractivity contribution in [2.24, 2.45) is 0 Å². The Kier molecular flexibility index (Phi) is 5.69. The number of aryl methyl sites for hydroxylation is 1. The van der Waals surface area contributed by atoms with E-state index in [9.17, 15) is 0 Å². The summed E-state index contributed by atoms with van der Waals surface area (Å²) in [5.74, 6) is 0.898. The van der Waals surface area contributed by atoms with Crippen LogP contribution in [-0.2, 0) is 13.1 Å². The van der Waals surface area contributed by atoms with Crippen molar-refractivity contribution >= 4 is 5.82 Å². The SMILES string of the molecule is CCCNCc1ccc(N(C)Cc2ccc(C)cc2)nn1. The van der Waals surface area contributed by atoms with Gasteiger partial charge in [0.2, 0.25) is 0 Å². The van der Waals surface area contributed by atoms with Crippen molar-refractivity contribution in [1.29, 1.82) is 0 Å². The molecule has 0 aliphatic carbocycles. The summed E-state index contributed by atoms with van der Waals surface area (Å²) in [6.07, 6.45) is 1.13. The lowest BCUT2D eigenvalue weighted by Crippen LogP contribution is -2.19. The van der Waals surface area contributed by atoms with Gasteiger partial charge in [0.05, 0.1) is 5.69 Å². The minimum absolute atomic E-state index is 0.781. The van der Waals surface area contributed by atoms with E-state index in [1.54, 1.807) is 0 Å². The van der Waals surface area contributed by atoms with Gasteiger partial charge in [-0.15, -0.1) is 5.10 Å². The third kappa shape index (κ3) is 4.83. The molecule has 1 heterocycles. The normalized spacial score (nSPS) is 10.6. The zero-order chi connectivity index (χ0) is 15.1. The van der Waals surface area contributed by atoms with Gasteiger partial charge in [-0.2, -0.15) is 5.10 Å². The molecule has 4 heteroatoms. The molecule has 0 bridgehead atoms. The number of hydrogen-bond acceptors (Lipinski definition) is 4. The van der Waals surface area contributed by atoms with E-state index in [0.717, 1.165) is 37.6 Å². The van der Waals surface area contributed by atoms with Crippen LogP contribution in [0.3, 0.4) is 0 Å². The molecule has 0 atom stereocenters. The van der Waals surface area contributed by atoms with Crippen LogP contribution in [-0.4, -0.2) is 23.8 Å². The lowest BCUT2D eigenvalue weighted by atomic mass is 10.1. The molecule has 1 aromatic heterocycles. The molecule has 1 N–H and O–H groups in total. The first-order valence-corrected chi connectivity index (χ1v) is 7.49. The Morgan fingerprint density at radius 3 is 2.43 bits per heavy atom.